The topological polar surface area (TPSA) is 216 Å². The van der Waals surface area contributed by atoms with Gasteiger partial charge >= 0.3 is 122 Å². The Morgan fingerprint density at radius 2 is 1.29 bits per heavy atom. The van der Waals surface area contributed by atoms with Crippen LogP contribution in [0.2, 0.25) is 0 Å². The Morgan fingerprint density at radius 3 is 1.69 bits per heavy atom. The van der Waals surface area contributed by atoms with Crippen molar-refractivity contribution in [1.82, 2.24) is 30.1 Å². The van der Waals surface area contributed by atoms with E-state index in [2.05, 4.69) is 47.7 Å². The van der Waals surface area contributed by atoms with Gasteiger partial charge in [-0.3, -0.25) is 9.59 Å². The van der Waals surface area contributed by atoms with E-state index in [1.165, 1.54) is 0 Å². The summed E-state index contributed by atoms with van der Waals surface area (Å²) in [7, 11) is 2.91. The van der Waals surface area contributed by atoms with Gasteiger partial charge in [0.05, 0.1) is 29.0 Å². The molecular formula is C52H85BClIK2N6O12. The van der Waals surface area contributed by atoms with Crippen molar-refractivity contribution in [3.8, 4) is 11.8 Å². The van der Waals surface area contributed by atoms with E-state index in [0.717, 1.165) is 64.5 Å². The normalized spacial score (nSPS) is 16.1. The SMILES string of the molecule is C.C.C.CC(C)(C)OC(=O)N1CC=C(B2OC(C)(C)C(C)(C)O2)CC1.COc1ncccc1C1=CCN(C(=O)OC(C)(C)C)CC1.COc1ncccc1I.Cl.O=CO[O-].O=c1[nH]cccc1C1CCNCC1.[H-].[K+].[K+]. The van der Waals surface area contributed by atoms with Crippen LogP contribution in [0.15, 0.2) is 77.4 Å². The second-order valence-electron chi connectivity index (χ2n) is 19.2. The summed E-state index contributed by atoms with van der Waals surface area (Å²) in [5, 5.41) is 11.7. The molecular weight excluding hydrogens is 1150 g/mol. The first kappa shape index (κ1) is 80.0. The van der Waals surface area contributed by atoms with Gasteiger partial charge in [0, 0.05) is 55.9 Å². The number of nitrogens with one attached hydrogen (secondary N) is 2. The van der Waals surface area contributed by atoms with Crippen LogP contribution in [0.3, 0.4) is 0 Å². The predicted molar refractivity (Wildman–Crippen MR) is 299 cm³/mol. The molecule has 2 N–H and O–H groups in total. The molecule has 0 bridgehead atoms. The van der Waals surface area contributed by atoms with Crippen molar-refractivity contribution in [2.45, 2.75) is 146 Å². The quantitative estimate of drug-likeness (QED) is 0.118. The van der Waals surface area contributed by atoms with Gasteiger partial charge in [0.1, 0.15) is 11.2 Å². The maximum atomic E-state index is 12.1. The van der Waals surface area contributed by atoms with E-state index >= 15 is 0 Å². The number of ether oxygens (including phenoxy) is 4. The molecule has 0 aliphatic carbocycles. The first-order valence-electron chi connectivity index (χ1n) is 22.9. The number of pyridine rings is 3. The average molecular weight is 1240 g/mol. The molecule has 75 heavy (non-hydrogen) atoms. The molecule has 4 aliphatic rings. The molecule has 2 fully saturated rings. The maximum absolute atomic E-state index is 12.1. The number of H-pyrrole nitrogens is 1. The van der Waals surface area contributed by atoms with Crippen molar-refractivity contribution in [3.63, 3.8) is 0 Å². The van der Waals surface area contributed by atoms with Crippen molar-refractivity contribution >= 4 is 66.3 Å². The molecule has 0 aromatic carbocycles. The number of aromatic nitrogens is 3. The fourth-order valence-electron chi connectivity index (χ4n) is 7.00. The Hall–Kier alpha value is -1.46. The molecule has 0 unspecified atom stereocenters. The molecule has 7 heterocycles. The summed E-state index contributed by atoms with van der Waals surface area (Å²) in [6.07, 6.45) is 12.3. The fraction of sp³-hybridized carbons (Fsp3) is 0.577. The van der Waals surface area contributed by atoms with E-state index in [9.17, 15) is 14.4 Å². The summed E-state index contributed by atoms with van der Waals surface area (Å²) in [5.74, 6) is 1.76. The van der Waals surface area contributed by atoms with Crippen molar-refractivity contribution < 1.29 is 157 Å². The molecule has 7 rings (SSSR count). The number of methoxy groups -OCH3 is 2. The molecule has 2 saturated heterocycles. The Labute approximate surface area is 554 Å². The molecule has 4 aliphatic heterocycles. The monoisotopic (exact) mass is 1240 g/mol. The number of halogens is 2. The van der Waals surface area contributed by atoms with Gasteiger partial charge in [-0.15, -0.1) is 12.4 Å². The van der Waals surface area contributed by atoms with Crippen LogP contribution < -0.4 is 128 Å². The number of nitrogens with zero attached hydrogens (tertiary/aromatic N) is 4. The molecule has 414 valence electrons. The number of carbonyl (C=O) groups excluding carboxylic acids is 3. The molecule has 23 heteroatoms. The number of hydrogen-bond acceptors (Lipinski definition) is 15. The minimum atomic E-state index is -0.465. The number of amides is 2. The maximum Gasteiger partial charge on any atom is 1.00 e. The van der Waals surface area contributed by atoms with Gasteiger partial charge in [-0.2, -0.15) is 0 Å². The number of rotatable bonds is 6. The Morgan fingerprint density at radius 1 is 0.813 bits per heavy atom. The van der Waals surface area contributed by atoms with E-state index in [1.54, 1.807) is 42.6 Å². The molecule has 2 amide bonds. The van der Waals surface area contributed by atoms with Gasteiger partial charge in [0.15, 0.2) is 0 Å². The largest absolute Gasteiger partial charge is 1.00 e. The van der Waals surface area contributed by atoms with Gasteiger partial charge < -0.3 is 59.9 Å². The van der Waals surface area contributed by atoms with E-state index < -0.39 is 11.2 Å². The van der Waals surface area contributed by atoms with Gasteiger partial charge in [-0.25, -0.2) is 19.6 Å². The first-order chi connectivity index (χ1) is 32.5. The Bertz CT molecular complexity index is 2230. The molecule has 0 spiro atoms. The van der Waals surface area contributed by atoms with Crippen molar-refractivity contribution in [2.24, 2.45) is 0 Å². The van der Waals surface area contributed by atoms with Crippen molar-refractivity contribution in [3.05, 3.63) is 97.7 Å². The molecule has 3 aromatic rings. The zero-order chi connectivity index (χ0) is 51.4. The zero-order valence-electron chi connectivity index (χ0n) is 45.6. The first-order valence-corrected chi connectivity index (χ1v) is 24.0. The van der Waals surface area contributed by atoms with E-state index in [-0.39, 0.29) is 181 Å². The summed E-state index contributed by atoms with van der Waals surface area (Å²) in [5.41, 5.74) is 2.68. The van der Waals surface area contributed by atoms with E-state index in [1.807, 2.05) is 118 Å². The molecule has 0 atom stereocenters. The third-order valence-electron chi connectivity index (χ3n) is 11.2. The summed E-state index contributed by atoms with van der Waals surface area (Å²) < 4.78 is 34.1. The third-order valence-corrected chi connectivity index (χ3v) is 12.0. The average Bonchev–Trinajstić information content (AvgIpc) is 3.54. The van der Waals surface area contributed by atoms with Crippen LogP contribution in [0.25, 0.3) is 5.57 Å². The molecule has 0 saturated carbocycles. The van der Waals surface area contributed by atoms with Crippen LogP contribution >= 0.6 is 35.0 Å². The number of hydrogen-bond donors (Lipinski definition) is 2. The van der Waals surface area contributed by atoms with Crippen LogP contribution in [0.5, 0.6) is 11.8 Å². The second kappa shape index (κ2) is 39.0. The fourth-order valence-corrected chi connectivity index (χ4v) is 7.57. The minimum absolute atomic E-state index is 0. The van der Waals surface area contributed by atoms with Crippen LogP contribution in [0.4, 0.5) is 9.59 Å². The molecule has 18 nitrogen and oxygen atoms in total. The Balaban J connectivity index is -0.000000290. The van der Waals surface area contributed by atoms with Crippen LogP contribution in [-0.2, 0) is 28.5 Å². The van der Waals surface area contributed by atoms with E-state index in [4.69, 9.17) is 38.3 Å². The predicted octanol–water partition coefficient (Wildman–Crippen LogP) is 3.72. The van der Waals surface area contributed by atoms with Crippen LogP contribution in [0, 0.1) is 3.57 Å². The van der Waals surface area contributed by atoms with Crippen molar-refractivity contribution in [1.29, 1.82) is 0 Å². The Kier molecular flexibility index (Phi) is 41.6. The zero-order valence-corrected chi connectivity index (χ0v) is 53.8. The summed E-state index contributed by atoms with van der Waals surface area (Å²) in [6, 6.07) is 11.5. The summed E-state index contributed by atoms with van der Waals surface area (Å²) in [4.78, 5) is 61.1. The van der Waals surface area contributed by atoms with Gasteiger partial charge in [0.25, 0.3) is 12.0 Å². The number of carbonyl (C=O) groups is 3. The second-order valence-corrected chi connectivity index (χ2v) is 20.3. The van der Waals surface area contributed by atoms with Gasteiger partial charge in [-0.05, 0) is 178 Å². The number of piperidine rings is 1. The smallest absolute Gasteiger partial charge is 1.00 e. The standard InChI is InChI=1S/C16H28BNO4.C16H22N2O3.C10H14N2O.C6H6INO.CH2O3.3CH4.ClH.2K.H/c1-14(2,3)20-13(19)18-10-8-12(9-11-18)17-21-15(4,5)16(6,7)22-17;1-16(2,3)21-15(19)18-10-7-12(8-11-18)13-6-5-9-17-14(13)20-4;13-10-9(2-1-5-12-10)8-3-6-11-7-4-8;1-9-6-5(7)3-2-4-8-6;2-1-4-3;;;;;;;/h8H,9-11H2,1-7H3;5-7,9H,8,10-11H2,1-4H3;1-2,5,8,11H,3-4,6-7H2,(H,12,13);2-4H,1H3;1,3H;3*1H4;1H;;;/q;;;;;;;;;2*+1;-1/p-1. The summed E-state index contributed by atoms with van der Waals surface area (Å²) in [6.45, 7) is 23.6. The van der Waals surface area contributed by atoms with Gasteiger partial charge in [0.2, 0.25) is 11.8 Å². The third kappa shape index (κ3) is 28.0. The minimum Gasteiger partial charge on any atom is -1.00 e. The molecule has 0 radical (unpaired) electrons. The summed E-state index contributed by atoms with van der Waals surface area (Å²) >= 11 is 2.17. The van der Waals surface area contributed by atoms with Gasteiger partial charge in [-0.1, -0.05) is 40.5 Å². The van der Waals surface area contributed by atoms with Crippen molar-refractivity contribution in [2.75, 3.05) is 53.5 Å². The van der Waals surface area contributed by atoms with Crippen LogP contribution in [-0.4, -0.2) is 126 Å². The van der Waals surface area contributed by atoms with Crippen LogP contribution in [0.1, 0.15) is 136 Å². The van der Waals surface area contributed by atoms with E-state index in [0.29, 0.717) is 43.9 Å². The number of aromatic amines is 1. The molecule has 3 aromatic heterocycles.